The largest absolute Gasteiger partial charge is 0.364 e. The normalized spacial score (nSPS) is 24.3. The smallest absolute Gasteiger partial charge is 0.271 e. The van der Waals surface area contributed by atoms with E-state index in [1.54, 1.807) is 6.20 Å². The Morgan fingerprint density at radius 2 is 1.93 bits per heavy atom. The first-order valence-electron chi connectivity index (χ1n) is 9.65. The number of primary amides is 1. The highest BCUT2D eigenvalue weighted by Crippen LogP contribution is 2.34. The van der Waals surface area contributed by atoms with Gasteiger partial charge in [0.2, 0.25) is 0 Å². The summed E-state index contributed by atoms with van der Waals surface area (Å²) in [6, 6.07) is 8.71. The van der Waals surface area contributed by atoms with Crippen LogP contribution >= 0.6 is 0 Å². The zero-order valence-electron chi connectivity index (χ0n) is 15.3. The lowest BCUT2D eigenvalue weighted by molar-refractivity contribution is 0.0996. The molecule has 1 aromatic heterocycles. The van der Waals surface area contributed by atoms with Crippen LogP contribution < -0.4 is 22.1 Å². The summed E-state index contributed by atoms with van der Waals surface area (Å²) < 4.78 is 0. The zero-order chi connectivity index (χ0) is 18.8. The summed E-state index contributed by atoms with van der Waals surface area (Å²) in [5.41, 5.74) is 14.5. The van der Waals surface area contributed by atoms with E-state index in [2.05, 4.69) is 32.7 Å². The van der Waals surface area contributed by atoms with Gasteiger partial charge in [-0.1, -0.05) is 37.1 Å². The van der Waals surface area contributed by atoms with Crippen molar-refractivity contribution >= 4 is 17.5 Å². The Kier molecular flexibility index (Phi) is 4.94. The number of aryl methyl sites for hydroxylation is 1. The van der Waals surface area contributed by atoms with E-state index < -0.39 is 5.91 Å². The van der Waals surface area contributed by atoms with Crippen molar-refractivity contribution in [3.05, 3.63) is 47.3 Å². The third-order valence-corrected chi connectivity index (χ3v) is 5.60. The molecule has 2 aromatic rings. The number of hydrogen-bond acceptors (Lipinski definition) is 6. The molecule has 2 aliphatic rings. The number of nitrogens with two attached hydrogens (primary N) is 2. The van der Waals surface area contributed by atoms with E-state index in [4.69, 9.17) is 11.5 Å². The number of nitrogens with one attached hydrogen (secondary N) is 2. The highest BCUT2D eigenvalue weighted by Gasteiger charge is 2.26. The molecule has 142 valence electrons. The molecule has 27 heavy (non-hydrogen) atoms. The summed E-state index contributed by atoms with van der Waals surface area (Å²) in [7, 11) is 0. The molecule has 0 bridgehead atoms. The third-order valence-electron chi connectivity index (χ3n) is 5.60. The zero-order valence-corrected chi connectivity index (χ0v) is 15.3. The SMILES string of the molecule is NC(=O)c1ncc(N[C@@H]2CCCC[C@@H]2N)nc1N[C@H]1CCc2ccccc21. The van der Waals surface area contributed by atoms with Gasteiger partial charge in [-0.25, -0.2) is 9.97 Å². The Balaban J connectivity index is 1.58. The summed E-state index contributed by atoms with van der Waals surface area (Å²) in [5.74, 6) is 0.465. The number of hydrogen-bond donors (Lipinski definition) is 4. The first-order valence-corrected chi connectivity index (χ1v) is 9.65. The number of fused-ring (bicyclic) bond motifs is 1. The average Bonchev–Trinajstić information content (AvgIpc) is 3.07. The van der Waals surface area contributed by atoms with Gasteiger partial charge in [0.25, 0.3) is 5.91 Å². The van der Waals surface area contributed by atoms with Crippen molar-refractivity contribution in [1.29, 1.82) is 0 Å². The Morgan fingerprint density at radius 1 is 1.11 bits per heavy atom. The molecule has 4 rings (SSSR count). The second-order valence-corrected chi connectivity index (χ2v) is 7.45. The number of carbonyl (C=O) groups excluding carboxylic acids is 1. The third kappa shape index (κ3) is 3.73. The van der Waals surface area contributed by atoms with Crippen LogP contribution in [-0.4, -0.2) is 28.0 Å². The van der Waals surface area contributed by atoms with Crippen molar-refractivity contribution < 1.29 is 4.79 Å². The van der Waals surface area contributed by atoms with Crippen molar-refractivity contribution in [2.75, 3.05) is 10.6 Å². The van der Waals surface area contributed by atoms with Crippen molar-refractivity contribution in [2.24, 2.45) is 11.5 Å². The van der Waals surface area contributed by atoms with E-state index >= 15 is 0 Å². The van der Waals surface area contributed by atoms with E-state index in [0.717, 1.165) is 32.1 Å². The van der Waals surface area contributed by atoms with Crippen LogP contribution in [0.15, 0.2) is 30.5 Å². The molecule has 1 amide bonds. The summed E-state index contributed by atoms with van der Waals surface area (Å²) in [6.07, 6.45) is 7.86. The molecule has 7 heteroatoms. The molecule has 1 aromatic carbocycles. The first-order chi connectivity index (χ1) is 13.1. The number of rotatable bonds is 5. The van der Waals surface area contributed by atoms with Gasteiger partial charge in [-0.3, -0.25) is 4.79 Å². The van der Waals surface area contributed by atoms with Crippen LogP contribution in [0.1, 0.15) is 59.8 Å². The van der Waals surface area contributed by atoms with Crippen molar-refractivity contribution in [3.8, 4) is 0 Å². The minimum Gasteiger partial charge on any atom is -0.364 e. The van der Waals surface area contributed by atoms with Gasteiger partial charge in [0.15, 0.2) is 11.5 Å². The predicted molar refractivity (Wildman–Crippen MR) is 106 cm³/mol. The van der Waals surface area contributed by atoms with E-state index in [-0.39, 0.29) is 23.8 Å². The molecule has 1 heterocycles. The molecule has 0 saturated heterocycles. The van der Waals surface area contributed by atoms with Crippen LogP contribution in [0, 0.1) is 0 Å². The Morgan fingerprint density at radius 3 is 2.74 bits per heavy atom. The van der Waals surface area contributed by atoms with Crippen LogP contribution in [0.4, 0.5) is 11.6 Å². The molecule has 0 aliphatic heterocycles. The van der Waals surface area contributed by atoms with Crippen LogP contribution in [-0.2, 0) is 6.42 Å². The number of aromatic nitrogens is 2. The summed E-state index contributed by atoms with van der Waals surface area (Å²) in [4.78, 5) is 20.7. The van der Waals surface area contributed by atoms with Gasteiger partial charge < -0.3 is 22.1 Å². The van der Waals surface area contributed by atoms with Gasteiger partial charge in [-0.05, 0) is 36.8 Å². The van der Waals surface area contributed by atoms with E-state index in [9.17, 15) is 4.79 Å². The van der Waals surface area contributed by atoms with E-state index in [1.165, 1.54) is 17.5 Å². The van der Waals surface area contributed by atoms with Gasteiger partial charge in [0.05, 0.1) is 12.2 Å². The fourth-order valence-corrected chi connectivity index (χ4v) is 4.14. The fourth-order valence-electron chi connectivity index (χ4n) is 4.14. The number of nitrogens with zero attached hydrogens (tertiary/aromatic N) is 2. The van der Waals surface area contributed by atoms with Crippen molar-refractivity contribution in [2.45, 2.75) is 56.7 Å². The minimum absolute atomic E-state index is 0.0980. The van der Waals surface area contributed by atoms with Crippen molar-refractivity contribution in [3.63, 3.8) is 0 Å². The lowest BCUT2D eigenvalue weighted by Gasteiger charge is -2.29. The fraction of sp³-hybridized carbons (Fsp3) is 0.450. The lowest BCUT2D eigenvalue weighted by Crippen LogP contribution is -2.42. The Labute approximate surface area is 159 Å². The van der Waals surface area contributed by atoms with Gasteiger partial charge >= 0.3 is 0 Å². The maximum Gasteiger partial charge on any atom is 0.271 e. The van der Waals surface area contributed by atoms with E-state index in [0.29, 0.717) is 11.6 Å². The highest BCUT2D eigenvalue weighted by molar-refractivity contribution is 5.95. The molecule has 0 unspecified atom stereocenters. The van der Waals surface area contributed by atoms with Gasteiger partial charge in [-0.15, -0.1) is 0 Å². The second-order valence-electron chi connectivity index (χ2n) is 7.45. The molecule has 1 saturated carbocycles. The Hall–Kier alpha value is -2.67. The monoisotopic (exact) mass is 366 g/mol. The molecule has 1 fully saturated rings. The number of benzene rings is 1. The maximum absolute atomic E-state index is 11.8. The maximum atomic E-state index is 11.8. The summed E-state index contributed by atoms with van der Waals surface area (Å²) in [5, 5.41) is 6.78. The standard InChI is InChI=1S/C20H26N6O/c21-14-7-3-4-8-16(14)24-17-11-23-18(19(22)27)20(26-17)25-15-10-9-12-5-1-2-6-13(12)15/h1-2,5-6,11,14-16H,3-4,7-10,21H2,(H2,22,27)(H2,24,25,26)/t14-,15-,16+/m0/s1. The Bertz CT molecular complexity index is 839. The van der Waals surface area contributed by atoms with Crippen LogP contribution in [0.5, 0.6) is 0 Å². The number of amides is 1. The summed E-state index contributed by atoms with van der Waals surface area (Å²) in [6.45, 7) is 0. The first kappa shape index (κ1) is 17.7. The van der Waals surface area contributed by atoms with Gasteiger partial charge in [-0.2, -0.15) is 0 Å². The minimum atomic E-state index is -0.586. The number of anilines is 2. The molecular formula is C20H26N6O. The summed E-state index contributed by atoms with van der Waals surface area (Å²) >= 11 is 0. The highest BCUT2D eigenvalue weighted by atomic mass is 16.1. The predicted octanol–water partition coefficient (Wildman–Crippen LogP) is 2.36. The molecular weight excluding hydrogens is 340 g/mol. The molecule has 7 nitrogen and oxygen atoms in total. The number of carbonyl (C=O) groups is 1. The van der Waals surface area contributed by atoms with Gasteiger partial charge in [0.1, 0.15) is 5.82 Å². The van der Waals surface area contributed by atoms with E-state index in [1.807, 2.05) is 12.1 Å². The van der Waals surface area contributed by atoms with Gasteiger partial charge in [0, 0.05) is 12.1 Å². The quantitative estimate of drug-likeness (QED) is 0.645. The van der Waals surface area contributed by atoms with Crippen molar-refractivity contribution in [1.82, 2.24) is 9.97 Å². The molecule has 0 radical (unpaired) electrons. The average molecular weight is 366 g/mol. The molecule has 3 atom stereocenters. The lowest BCUT2D eigenvalue weighted by atomic mass is 9.91. The van der Waals surface area contributed by atoms with Crippen LogP contribution in [0.2, 0.25) is 0 Å². The molecule has 6 N–H and O–H groups in total. The second kappa shape index (κ2) is 7.52. The topological polar surface area (TPSA) is 119 Å². The molecule has 0 spiro atoms. The van der Waals surface area contributed by atoms with Crippen LogP contribution in [0.25, 0.3) is 0 Å². The molecule has 2 aliphatic carbocycles. The van der Waals surface area contributed by atoms with Crippen LogP contribution in [0.3, 0.4) is 0 Å².